The Bertz CT molecular complexity index is 1050. The number of amides is 1. The zero-order chi connectivity index (χ0) is 23.3. The predicted octanol–water partition coefficient (Wildman–Crippen LogP) is 5.30. The maximum atomic E-state index is 12.7. The average Bonchev–Trinajstić information content (AvgIpc) is 2.98. The summed E-state index contributed by atoms with van der Waals surface area (Å²) in [6.07, 6.45) is 0.291. The molecule has 0 aliphatic carbocycles. The number of carbonyl (C=O) groups is 1. The van der Waals surface area contributed by atoms with Gasteiger partial charge in [0, 0.05) is 12.2 Å². The zero-order valence-electron chi connectivity index (χ0n) is 19.5. The largest absolute Gasteiger partial charge is 0.444 e. The van der Waals surface area contributed by atoms with Crippen molar-refractivity contribution in [3.05, 3.63) is 102 Å². The topological polar surface area (TPSA) is 62.4 Å². The van der Waals surface area contributed by atoms with Crippen molar-refractivity contribution < 1.29 is 9.53 Å². The fraction of sp³-hybridized carbons (Fsp3) is 0.321. The summed E-state index contributed by atoms with van der Waals surface area (Å²) in [5.74, 6) is 0. The minimum absolute atomic E-state index is 0.0346. The summed E-state index contributed by atoms with van der Waals surface area (Å²) in [6.45, 7) is 6.32. The van der Waals surface area contributed by atoms with Crippen molar-refractivity contribution in [2.45, 2.75) is 50.9 Å². The Labute approximate surface area is 196 Å². The first-order chi connectivity index (χ1) is 15.9. The first-order valence-electron chi connectivity index (χ1n) is 11.6. The maximum Gasteiger partial charge on any atom is 0.407 e. The van der Waals surface area contributed by atoms with E-state index in [9.17, 15) is 4.79 Å². The van der Waals surface area contributed by atoms with Crippen molar-refractivity contribution in [2.75, 3.05) is 11.9 Å². The van der Waals surface area contributed by atoms with Crippen LogP contribution in [0.1, 0.15) is 43.5 Å². The Morgan fingerprint density at radius 1 is 0.970 bits per heavy atom. The highest BCUT2D eigenvalue weighted by Gasteiger charge is 2.31. The summed E-state index contributed by atoms with van der Waals surface area (Å²) in [6, 6.07) is 29.0. The van der Waals surface area contributed by atoms with Crippen LogP contribution in [0.25, 0.3) is 0 Å². The van der Waals surface area contributed by atoms with Gasteiger partial charge >= 0.3 is 6.09 Å². The average molecular weight is 444 g/mol. The zero-order valence-corrected chi connectivity index (χ0v) is 19.5. The number of hydrogen-bond acceptors (Lipinski definition) is 4. The van der Waals surface area contributed by atoms with Gasteiger partial charge in [-0.1, -0.05) is 78.9 Å². The van der Waals surface area contributed by atoms with Gasteiger partial charge in [-0.15, -0.1) is 0 Å². The van der Waals surface area contributed by atoms with Crippen LogP contribution >= 0.6 is 0 Å². The van der Waals surface area contributed by atoms with E-state index < -0.39 is 11.7 Å². The lowest BCUT2D eigenvalue weighted by molar-refractivity contribution is 0.0498. The minimum Gasteiger partial charge on any atom is -0.444 e. The number of carbonyl (C=O) groups excluding carboxylic acids is 1. The van der Waals surface area contributed by atoms with Gasteiger partial charge in [-0.25, -0.2) is 4.79 Å². The van der Waals surface area contributed by atoms with E-state index in [1.54, 1.807) is 0 Å². The third-order valence-corrected chi connectivity index (χ3v) is 5.77. The van der Waals surface area contributed by atoms with Crippen molar-refractivity contribution in [1.29, 1.82) is 0 Å². The lowest BCUT2D eigenvalue weighted by Gasteiger charge is -2.30. The number of ether oxygens (including phenoxy) is 1. The van der Waals surface area contributed by atoms with E-state index in [2.05, 4.69) is 70.5 Å². The van der Waals surface area contributed by atoms with Gasteiger partial charge < -0.3 is 20.7 Å². The molecule has 4 rings (SSSR count). The normalized spacial score (nSPS) is 18.9. The molecule has 0 aromatic heterocycles. The van der Waals surface area contributed by atoms with Crippen molar-refractivity contribution in [3.63, 3.8) is 0 Å². The van der Waals surface area contributed by atoms with Crippen molar-refractivity contribution >= 4 is 11.8 Å². The molecular formula is C28H33N3O2. The van der Waals surface area contributed by atoms with E-state index in [-0.39, 0.29) is 18.1 Å². The fourth-order valence-electron chi connectivity index (χ4n) is 4.29. The summed E-state index contributed by atoms with van der Waals surface area (Å²) >= 11 is 0. The van der Waals surface area contributed by atoms with Crippen molar-refractivity contribution in [1.82, 2.24) is 10.6 Å². The molecule has 172 valence electrons. The molecule has 1 aliphatic heterocycles. The number of rotatable bonds is 5. The van der Waals surface area contributed by atoms with E-state index in [0.717, 1.165) is 11.3 Å². The first kappa shape index (κ1) is 22.9. The Balaban J connectivity index is 1.62. The summed E-state index contributed by atoms with van der Waals surface area (Å²) < 4.78 is 5.59. The van der Waals surface area contributed by atoms with Crippen LogP contribution in [0.4, 0.5) is 10.5 Å². The van der Waals surface area contributed by atoms with E-state index in [1.165, 1.54) is 11.1 Å². The highest BCUT2D eigenvalue weighted by atomic mass is 16.6. The van der Waals surface area contributed by atoms with Crippen LogP contribution in [-0.2, 0) is 11.2 Å². The number of alkyl carbamates (subject to hydrolysis) is 1. The monoisotopic (exact) mass is 443 g/mol. The molecule has 5 nitrogen and oxygen atoms in total. The SMILES string of the molecule is CC(C)(C)OC(=O)N[C@@H](Cc1ccccc1)[C@H]1CN[C@@H](c2ccccc2)c2ccccc2N1. The van der Waals surface area contributed by atoms with Crippen LogP contribution in [0, 0.1) is 0 Å². The predicted molar refractivity (Wildman–Crippen MR) is 133 cm³/mol. The van der Waals surface area contributed by atoms with Crippen LogP contribution < -0.4 is 16.0 Å². The number of benzene rings is 3. The van der Waals surface area contributed by atoms with Gasteiger partial charge in [0.25, 0.3) is 0 Å². The number of fused-ring (bicyclic) bond motifs is 1. The second kappa shape index (κ2) is 10.1. The lowest BCUT2D eigenvalue weighted by Crippen LogP contribution is -2.52. The smallest absolute Gasteiger partial charge is 0.407 e. The third kappa shape index (κ3) is 6.14. The van der Waals surface area contributed by atoms with E-state index in [1.807, 2.05) is 51.1 Å². The quantitative estimate of drug-likeness (QED) is 0.501. The molecule has 1 aliphatic rings. The molecule has 3 aromatic carbocycles. The third-order valence-electron chi connectivity index (χ3n) is 5.77. The molecule has 0 radical (unpaired) electrons. The van der Waals surface area contributed by atoms with Gasteiger partial charge in [0.15, 0.2) is 0 Å². The Morgan fingerprint density at radius 3 is 2.30 bits per heavy atom. The molecule has 0 bridgehead atoms. The molecule has 0 saturated heterocycles. The second-order valence-corrected chi connectivity index (χ2v) is 9.53. The molecule has 1 heterocycles. The summed E-state index contributed by atoms with van der Waals surface area (Å²) in [5, 5.41) is 10.6. The molecular weight excluding hydrogens is 410 g/mol. The van der Waals surface area contributed by atoms with Crippen LogP contribution in [0.2, 0.25) is 0 Å². The van der Waals surface area contributed by atoms with Crippen molar-refractivity contribution in [2.24, 2.45) is 0 Å². The molecule has 5 heteroatoms. The summed E-state index contributed by atoms with van der Waals surface area (Å²) in [4.78, 5) is 12.7. The van der Waals surface area contributed by atoms with E-state index in [4.69, 9.17) is 4.74 Å². The van der Waals surface area contributed by atoms with Crippen LogP contribution in [-0.4, -0.2) is 30.3 Å². The van der Waals surface area contributed by atoms with Gasteiger partial charge in [0.05, 0.1) is 18.1 Å². The standard InChI is InChI=1S/C28H33N3O2/c1-28(2,3)33-27(32)31-24(18-20-12-6-4-7-13-20)25-19-29-26(21-14-8-5-9-15-21)22-16-10-11-17-23(22)30-25/h4-17,24-26,29-30H,18-19H2,1-3H3,(H,31,32)/t24-,25+,26-/m0/s1. The molecule has 0 fully saturated rings. The highest BCUT2D eigenvalue weighted by molar-refractivity contribution is 5.68. The lowest BCUT2D eigenvalue weighted by atomic mass is 9.97. The fourth-order valence-corrected chi connectivity index (χ4v) is 4.29. The van der Waals surface area contributed by atoms with E-state index >= 15 is 0 Å². The number of hydrogen-bond donors (Lipinski definition) is 3. The molecule has 3 N–H and O–H groups in total. The minimum atomic E-state index is -0.554. The molecule has 3 aromatic rings. The number of para-hydroxylation sites is 1. The molecule has 0 spiro atoms. The van der Waals surface area contributed by atoms with Crippen LogP contribution in [0.3, 0.4) is 0 Å². The van der Waals surface area contributed by atoms with Gasteiger partial charge in [-0.2, -0.15) is 0 Å². The van der Waals surface area contributed by atoms with Crippen LogP contribution in [0.15, 0.2) is 84.9 Å². The van der Waals surface area contributed by atoms with Gasteiger partial charge in [0.1, 0.15) is 5.60 Å². The molecule has 33 heavy (non-hydrogen) atoms. The molecule has 0 saturated carbocycles. The van der Waals surface area contributed by atoms with Crippen LogP contribution in [0.5, 0.6) is 0 Å². The Kier molecular flexibility index (Phi) is 6.99. The van der Waals surface area contributed by atoms with Crippen molar-refractivity contribution in [3.8, 4) is 0 Å². The summed E-state index contributed by atoms with van der Waals surface area (Å²) in [7, 11) is 0. The van der Waals surface area contributed by atoms with E-state index in [0.29, 0.717) is 13.0 Å². The van der Waals surface area contributed by atoms with Gasteiger partial charge in [-0.05, 0) is 49.9 Å². The highest BCUT2D eigenvalue weighted by Crippen LogP contribution is 2.31. The molecule has 1 amide bonds. The number of anilines is 1. The summed E-state index contributed by atoms with van der Waals surface area (Å²) in [5.41, 5.74) is 4.10. The first-order valence-corrected chi connectivity index (χ1v) is 11.6. The van der Waals surface area contributed by atoms with Gasteiger partial charge in [-0.3, -0.25) is 0 Å². The molecule has 3 atom stereocenters. The maximum absolute atomic E-state index is 12.7. The second-order valence-electron chi connectivity index (χ2n) is 9.53. The van der Waals surface area contributed by atoms with Gasteiger partial charge in [0.2, 0.25) is 0 Å². The molecule has 0 unspecified atom stereocenters. The Hall–Kier alpha value is -3.31. The number of nitrogens with one attached hydrogen (secondary N) is 3. The Morgan fingerprint density at radius 2 is 1.61 bits per heavy atom.